The maximum absolute atomic E-state index is 9.75. The fourth-order valence-corrected chi connectivity index (χ4v) is 0.555. The molecule has 1 aromatic carbocycles. The largest absolute Gasteiger partial charge is 2.00 e. The predicted molar refractivity (Wildman–Crippen MR) is 41.1 cm³/mol. The first kappa shape index (κ1) is 9.46. The molecular formula is C7H8MgO2. The number of para-hydroxylation sites is 1. The zero-order valence-electron chi connectivity index (χ0n) is 7.49. The van der Waals surface area contributed by atoms with Crippen molar-refractivity contribution in [1.29, 1.82) is 0 Å². The summed E-state index contributed by atoms with van der Waals surface area (Å²) < 4.78 is 4.53. The second-order valence-electron chi connectivity index (χ2n) is 1.53. The summed E-state index contributed by atoms with van der Waals surface area (Å²) in [5, 5.41) is 0. The molecule has 0 heterocycles. The van der Waals surface area contributed by atoms with Crippen LogP contribution >= 0.6 is 0 Å². The molecule has 0 radical (unpaired) electrons. The zero-order chi connectivity index (χ0) is 6.53. The van der Waals surface area contributed by atoms with Gasteiger partial charge in [-0.3, -0.25) is 4.79 Å². The van der Waals surface area contributed by atoms with Crippen LogP contribution < -0.4 is 4.74 Å². The van der Waals surface area contributed by atoms with Gasteiger partial charge in [-0.15, -0.1) is 0 Å². The van der Waals surface area contributed by atoms with Gasteiger partial charge >= 0.3 is 23.1 Å². The molecule has 1 aromatic rings. The van der Waals surface area contributed by atoms with Crippen LogP contribution in [0.4, 0.5) is 0 Å². The van der Waals surface area contributed by atoms with Crippen molar-refractivity contribution in [2.45, 2.75) is 0 Å². The van der Waals surface area contributed by atoms with Gasteiger partial charge in [0.25, 0.3) is 6.47 Å². The van der Waals surface area contributed by atoms with E-state index in [0.717, 1.165) is 0 Å². The Balaban J connectivity index is -0.000000270. The summed E-state index contributed by atoms with van der Waals surface area (Å²) in [5.74, 6) is 0.576. The van der Waals surface area contributed by atoms with Crippen LogP contribution in [0, 0.1) is 0 Å². The second-order valence-corrected chi connectivity index (χ2v) is 1.53. The third kappa shape index (κ3) is 2.84. The van der Waals surface area contributed by atoms with Gasteiger partial charge in [0.1, 0.15) is 5.75 Å². The van der Waals surface area contributed by atoms with Crippen LogP contribution in [0.5, 0.6) is 5.75 Å². The van der Waals surface area contributed by atoms with Crippen molar-refractivity contribution in [3.63, 3.8) is 0 Å². The Morgan fingerprint density at radius 3 is 2.40 bits per heavy atom. The summed E-state index contributed by atoms with van der Waals surface area (Å²) in [6, 6.07) is 8.90. The maximum atomic E-state index is 9.75. The molecule has 0 aliphatic heterocycles. The maximum Gasteiger partial charge on any atom is 2.00 e. The summed E-state index contributed by atoms with van der Waals surface area (Å²) >= 11 is 0. The van der Waals surface area contributed by atoms with Gasteiger partial charge in [-0.1, -0.05) is 18.2 Å². The number of carbonyl (C=O) groups excluding carboxylic acids is 1. The molecule has 0 unspecified atom stereocenters. The molecular weight excluding hydrogens is 140 g/mol. The van der Waals surface area contributed by atoms with Crippen molar-refractivity contribution >= 4 is 29.5 Å². The number of rotatable bonds is 2. The summed E-state index contributed by atoms with van der Waals surface area (Å²) in [5.41, 5.74) is 0. The molecule has 0 aromatic heterocycles. The van der Waals surface area contributed by atoms with E-state index in [1.165, 1.54) is 0 Å². The summed E-state index contributed by atoms with van der Waals surface area (Å²) in [4.78, 5) is 9.75. The number of ether oxygens (including phenoxy) is 1. The van der Waals surface area contributed by atoms with Gasteiger partial charge in [0.2, 0.25) is 0 Å². The van der Waals surface area contributed by atoms with Crippen molar-refractivity contribution in [3.8, 4) is 5.75 Å². The molecule has 0 bridgehead atoms. The number of carbonyl (C=O) groups is 1. The van der Waals surface area contributed by atoms with E-state index in [1.54, 1.807) is 24.3 Å². The molecule has 50 valence electrons. The molecule has 0 aliphatic rings. The minimum absolute atomic E-state index is 0. The standard InChI is InChI=1S/C7H6O2.Mg.2H/c8-6-9-7-4-2-1-3-5-7;;;/h1-6H;;;/q;+2;2*-1. The molecule has 0 atom stereocenters. The Bertz CT molecular complexity index is 194. The molecule has 0 fully saturated rings. The van der Waals surface area contributed by atoms with Crippen molar-refractivity contribution in [3.05, 3.63) is 30.3 Å². The van der Waals surface area contributed by atoms with Crippen molar-refractivity contribution in [2.75, 3.05) is 0 Å². The summed E-state index contributed by atoms with van der Waals surface area (Å²) in [7, 11) is 0. The molecule has 0 N–H and O–H groups in total. The smallest absolute Gasteiger partial charge is 1.00 e. The number of hydrogen-bond acceptors (Lipinski definition) is 2. The van der Waals surface area contributed by atoms with Crippen molar-refractivity contribution < 1.29 is 12.4 Å². The Labute approximate surface area is 78.3 Å². The molecule has 10 heavy (non-hydrogen) atoms. The molecule has 0 amide bonds. The van der Waals surface area contributed by atoms with Gasteiger partial charge < -0.3 is 7.59 Å². The average molecular weight is 148 g/mol. The first-order valence-corrected chi connectivity index (χ1v) is 2.59. The minimum atomic E-state index is 0. The van der Waals surface area contributed by atoms with E-state index in [1.807, 2.05) is 6.07 Å². The first-order chi connectivity index (χ1) is 4.43. The molecule has 0 spiro atoms. The van der Waals surface area contributed by atoms with Crippen LogP contribution in [0.15, 0.2) is 30.3 Å². The molecule has 0 aliphatic carbocycles. The Hall–Kier alpha value is -0.544. The third-order valence-electron chi connectivity index (χ3n) is 0.927. The fraction of sp³-hybridized carbons (Fsp3) is 0. The van der Waals surface area contributed by atoms with E-state index in [2.05, 4.69) is 4.74 Å². The minimum Gasteiger partial charge on any atom is -1.00 e. The third-order valence-corrected chi connectivity index (χ3v) is 0.927. The number of benzene rings is 1. The van der Waals surface area contributed by atoms with Crippen LogP contribution in [0.1, 0.15) is 2.85 Å². The normalized spacial score (nSPS) is 7.60. The Kier molecular flexibility index (Phi) is 4.97. The van der Waals surface area contributed by atoms with Gasteiger partial charge in [-0.05, 0) is 12.1 Å². The Morgan fingerprint density at radius 2 is 1.90 bits per heavy atom. The first-order valence-electron chi connectivity index (χ1n) is 2.59. The van der Waals surface area contributed by atoms with Crippen LogP contribution in [-0.4, -0.2) is 29.5 Å². The van der Waals surface area contributed by atoms with Gasteiger partial charge in [0, 0.05) is 0 Å². The van der Waals surface area contributed by atoms with Crippen LogP contribution in [0.2, 0.25) is 0 Å². The second kappa shape index (κ2) is 5.26. The van der Waals surface area contributed by atoms with E-state index in [0.29, 0.717) is 12.2 Å². The van der Waals surface area contributed by atoms with Gasteiger partial charge in [-0.25, -0.2) is 0 Å². The Morgan fingerprint density at radius 1 is 1.30 bits per heavy atom. The van der Waals surface area contributed by atoms with Crippen LogP contribution in [0.3, 0.4) is 0 Å². The topological polar surface area (TPSA) is 26.3 Å². The van der Waals surface area contributed by atoms with E-state index < -0.39 is 0 Å². The average Bonchev–Trinajstić information content (AvgIpc) is 1.91. The summed E-state index contributed by atoms with van der Waals surface area (Å²) in [6.45, 7) is 0.412. The zero-order valence-corrected chi connectivity index (χ0v) is 6.90. The SMILES string of the molecule is O=COc1ccccc1.[H-].[H-].[Mg+2]. The molecule has 2 nitrogen and oxygen atoms in total. The fourth-order valence-electron chi connectivity index (χ4n) is 0.555. The van der Waals surface area contributed by atoms with Gasteiger partial charge in [0.15, 0.2) is 0 Å². The van der Waals surface area contributed by atoms with E-state index in [4.69, 9.17) is 0 Å². The molecule has 0 saturated heterocycles. The molecule has 0 saturated carbocycles. The van der Waals surface area contributed by atoms with Crippen LogP contribution in [0.25, 0.3) is 0 Å². The van der Waals surface area contributed by atoms with Crippen molar-refractivity contribution in [2.24, 2.45) is 0 Å². The van der Waals surface area contributed by atoms with Crippen molar-refractivity contribution in [1.82, 2.24) is 0 Å². The van der Waals surface area contributed by atoms with E-state index >= 15 is 0 Å². The van der Waals surface area contributed by atoms with E-state index in [9.17, 15) is 4.79 Å². The molecule has 1 rings (SSSR count). The summed E-state index contributed by atoms with van der Waals surface area (Å²) in [6.07, 6.45) is 0. The van der Waals surface area contributed by atoms with E-state index in [-0.39, 0.29) is 25.9 Å². The monoisotopic (exact) mass is 148 g/mol. The van der Waals surface area contributed by atoms with Crippen LogP contribution in [-0.2, 0) is 4.79 Å². The van der Waals surface area contributed by atoms with Gasteiger partial charge in [0.05, 0.1) is 0 Å². The van der Waals surface area contributed by atoms with Gasteiger partial charge in [-0.2, -0.15) is 0 Å². The number of hydrogen-bond donors (Lipinski definition) is 0. The quantitative estimate of drug-likeness (QED) is 0.463. The molecule has 3 heteroatoms. The predicted octanol–water partition coefficient (Wildman–Crippen LogP) is 1.07.